The molecule has 0 heterocycles. The van der Waals surface area contributed by atoms with Crippen molar-refractivity contribution in [3.63, 3.8) is 0 Å². The zero-order valence-electron chi connectivity index (χ0n) is 14.0. The average molecular weight is 362 g/mol. The standard InChI is InChI=1S/C18H22N2O4S/c1-2-14(19)11-12-18(21)20-25(22,23)17-10-6-9-16(13-17)24-15-7-4-3-5-8-15/h3-10,13-14H,2,11-12,19H2,1H3,(H,20,21). The summed E-state index contributed by atoms with van der Waals surface area (Å²) in [6.45, 7) is 1.91. The molecule has 6 nitrogen and oxygen atoms in total. The van der Waals surface area contributed by atoms with Crippen LogP contribution in [-0.2, 0) is 14.8 Å². The van der Waals surface area contributed by atoms with Crippen LogP contribution in [0.25, 0.3) is 0 Å². The van der Waals surface area contributed by atoms with Crippen molar-refractivity contribution in [2.75, 3.05) is 0 Å². The van der Waals surface area contributed by atoms with Gasteiger partial charge in [-0.05, 0) is 37.1 Å². The lowest BCUT2D eigenvalue weighted by atomic mass is 10.1. The molecule has 2 rings (SSSR count). The molecule has 0 aromatic heterocycles. The first-order chi connectivity index (χ1) is 11.9. The Morgan fingerprint density at radius 3 is 2.48 bits per heavy atom. The van der Waals surface area contributed by atoms with Crippen LogP contribution in [0.5, 0.6) is 11.5 Å². The summed E-state index contributed by atoms with van der Waals surface area (Å²) in [7, 11) is -3.95. The van der Waals surface area contributed by atoms with Gasteiger partial charge in [0.05, 0.1) is 4.90 Å². The highest BCUT2D eigenvalue weighted by Gasteiger charge is 2.18. The van der Waals surface area contributed by atoms with Crippen LogP contribution in [0.15, 0.2) is 59.5 Å². The monoisotopic (exact) mass is 362 g/mol. The molecule has 1 atom stereocenters. The normalized spacial score (nSPS) is 12.4. The highest BCUT2D eigenvalue weighted by molar-refractivity contribution is 7.90. The van der Waals surface area contributed by atoms with Gasteiger partial charge in [0.15, 0.2) is 0 Å². The lowest BCUT2D eigenvalue weighted by Gasteiger charge is -2.11. The number of benzene rings is 2. The maximum Gasteiger partial charge on any atom is 0.264 e. The summed E-state index contributed by atoms with van der Waals surface area (Å²) in [6.07, 6.45) is 1.24. The zero-order chi connectivity index (χ0) is 18.3. The van der Waals surface area contributed by atoms with E-state index >= 15 is 0 Å². The SMILES string of the molecule is CCC(N)CCC(=O)NS(=O)(=O)c1cccc(Oc2ccccc2)c1. The van der Waals surface area contributed by atoms with Gasteiger partial charge in [-0.25, -0.2) is 13.1 Å². The lowest BCUT2D eigenvalue weighted by molar-refractivity contribution is -0.119. The van der Waals surface area contributed by atoms with Gasteiger partial charge in [0.2, 0.25) is 5.91 Å². The summed E-state index contributed by atoms with van der Waals surface area (Å²) in [5.41, 5.74) is 5.74. The number of amides is 1. The predicted octanol–water partition coefficient (Wildman–Crippen LogP) is 2.80. The van der Waals surface area contributed by atoms with E-state index in [2.05, 4.69) is 4.72 Å². The van der Waals surface area contributed by atoms with Crippen LogP contribution in [0.1, 0.15) is 26.2 Å². The predicted molar refractivity (Wildman–Crippen MR) is 95.8 cm³/mol. The number of nitrogens with two attached hydrogens (primary N) is 1. The van der Waals surface area contributed by atoms with Crippen LogP contribution in [0.4, 0.5) is 0 Å². The summed E-state index contributed by atoms with van der Waals surface area (Å²) >= 11 is 0. The lowest BCUT2D eigenvalue weighted by Crippen LogP contribution is -2.32. The number of ether oxygens (including phenoxy) is 1. The third-order valence-electron chi connectivity index (χ3n) is 3.61. The van der Waals surface area contributed by atoms with Crippen molar-refractivity contribution in [2.45, 2.75) is 37.1 Å². The summed E-state index contributed by atoms with van der Waals surface area (Å²) < 4.78 is 32.4. The van der Waals surface area contributed by atoms with Crippen LogP contribution >= 0.6 is 0 Å². The van der Waals surface area contributed by atoms with Gasteiger partial charge in [-0.15, -0.1) is 0 Å². The molecule has 0 aliphatic rings. The van der Waals surface area contributed by atoms with Gasteiger partial charge in [0.25, 0.3) is 10.0 Å². The number of rotatable bonds is 8. The molecule has 2 aromatic rings. The van der Waals surface area contributed by atoms with Crippen LogP contribution in [0.2, 0.25) is 0 Å². The first-order valence-electron chi connectivity index (χ1n) is 8.05. The van der Waals surface area contributed by atoms with Gasteiger partial charge < -0.3 is 10.5 Å². The maximum atomic E-state index is 12.3. The van der Waals surface area contributed by atoms with E-state index in [0.717, 1.165) is 6.42 Å². The Hall–Kier alpha value is -2.38. The Labute approximate surface area is 148 Å². The van der Waals surface area contributed by atoms with E-state index in [1.807, 2.05) is 25.1 Å². The summed E-state index contributed by atoms with van der Waals surface area (Å²) in [4.78, 5) is 11.8. The Morgan fingerprint density at radius 2 is 1.80 bits per heavy atom. The van der Waals surface area contributed by atoms with Crippen molar-refractivity contribution in [1.82, 2.24) is 4.72 Å². The minimum Gasteiger partial charge on any atom is -0.457 e. The van der Waals surface area contributed by atoms with Crippen molar-refractivity contribution >= 4 is 15.9 Å². The van der Waals surface area contributed by atoms with Crippen molar-refractivity contribution in [3.8, 4) is 11.5 Å². The quantitative estimate of drug-likeness (QED) is 0.752. The highest BCUT2D eigenvalue weighted by atomic mass is 32.2. The van der Waals surface area contributed by atoms with E-state index in [1.165, 1.54) is 12.1 Å². The van der Waals surface area contributed by atoms with Gasteiger partial charge >= 0.3 is 0 Å². The van der Waals surface area contributed by atoms with Crippen molar-refractivity contribution in [1.29, 1.82) is 0 Å². The maximum absolute atomic E-state index is 12.3. The number of nitrogens with one attached hydrogen (secondary N) is 1. The number of hydrogen-bond acceptors (Lipinski definition) is 5. The number of carbonyl (C=O) groups is 1. The Bertz CT molecular complexity index is 807. The summed E-state index contributed by atoms with van der Waals surface area (Å²) in [5.74, 6) is 0.391. The average Bonchev–Trinajstić information content (AvgIpc) is 2.60. The molecule has 0 bridgehead atoms. The third kappa shape index (κ3) is 5.88. The minimum atomic E-state index is -3.95. The first-order valence-corrected chi connectivity index (χ1v) is 9.53. The molecule has 3 N–H and O–H groups in total. The van der Waals surface area contributed by atoms with Gasteiger partial charge in [-0.2, -0.15) is 0 Å². The van der Waals surface area contributed by atoms with E-state index in [1.54, 1.807) is 24.3 Å². The van der Waals surface area contributed by atoms with Gasteiger partial charge in [0.1, 0.15) is 11.5 Å². The van der Waals surface area contributed by atoms with Crippen LogP contribution in [0.3, 0.4) is 0 Å². The molecule has 25 heavy (non-hydrogen) atoms. The Balaban J connectivity index is 2.06. The molecule has 0 fully saturated rings. The molecule has 0 aliphatic heterocycles. The van der Waals surface area contributed by atoms with E-state index < -0.39 is 15.9 Å². The zero-order valence-corrected chi connectivity index (χ0v) is 14.8. The fourth-order valence-electron chi connectivity index (χ4n) is 2.11. The van der Waals surface area contributed by atoms with Gasteiger partial charge in [0, 0.05) is 18.5 Å². The summed E-state index contributed by atoms with van der Waals surface area (Å²) in [6, 6.07) is 14.9. The molecule has 7 heteroatoms. The van der Waals surface area contributed by atoms with Crippen LogP contribution in [-0.4, -0.2) is 20.4 Å². The molecule has 1 amide bonds. The first kappa shape index (κ1) is 19.0. The van der Waals surface area contributed by atoms with Crippen molar-refractivity contribution < 1.29 is 17.9 Å². The summed E-state index contributed by atoms with van der Waals surface area (Å²) in [5, 5.41) is 0. The highest BCUT2D eigenvalue weighted by Crippen LogP contribution is 2.23. The minimum absolute atomic E-state index is 0.0333. The second kappa shape index (κ2) is 8.64. The Morgan fingerprint density at radius 1 is 1.12 bits per heavy atom. The van der Waals surface area contributed by atoms with E-state index in [0.29, 0.717) is 17.9 Å². The molecule has 0 radical (unpaired) electrons. The molecular formula is C18H22N2O4S. The van der Waals surface area contributed by atoms with Gasteiger partial charge in [-0.3, -0.25) is 4.79 Å². The van der Waals surface area contributed by atoms with Gasteiger partial charge in [-0.1, -0.05) is 31.2 Å². The Kier molecular flexibility index (Phi) is 6.55. The molecule has 134 valence electrons. The van der Waals surface area contributed by atoms with E-state index in [9.17, 15) is 13.2 Å². The number of para-hydroxylation sites is 1. The molecule has 2 aromatic carbocycles. The van der Waals surface area contributed by atoms with Crippen molar-refractivity contribution in [2.24, 2.45) is 5.73 Å². The molecular weight excluding hydrogens is 340 g/mol. The molecule has 0 aliphatic carbocycles. The molecule has 0 saturated heterocycles. The second-order valence-corrected chi connectivity index (χ2v) is 7.31. The van der Waals surface area contributed by atoms with Crippen LogP contribution in [0, 0.1) is 0 Å². The number of carbonyl (C=O) groups excluding carboxylic acids is 1. The fraction of sp³-hybridized carbons (Fsp3) is 0.278. The molecule has 0 saturated carbocycles. The number of hydrogen-bond donors (Lipinski definition) is 2. The van der Waals surface area contributed by atoms with Crippen molar-refractivity contribution in [3.05, 3.63) is 54.6 Å². The number of sulfonamides is 1. The smallest absolute Gasteiger partial charge is 0.264 e. The van der Waals surface area contributed by atoms with E-state index in [-0.39, 0.29) is 17.4 Å². The third-order valence-corrected chi connectivity index (χ3v) is 4.98. The van der Waals surface area contributed by atoms with Crippen LogP contribution < -0.4 is 15.2 Å². The molecule has 0 spiro atoms. The topological polar surface area (TPSA) is 98.5 Å². The molecule has 1 unspecified atom stereocenters. The second-order valence-electron chi connectivity index (χ2n) is 5.63. The van der Waals surface area contributed by atoms with E-state index in [4.69, 9.17) is 10.5 Å². The largest absolute Gasteiger partial charge is 0.457 e. The fourth-order valence-corrected chi connectivity index (χ4v) is 3.16.